The Morgan fingerprint density at radius 2 is 1.91 bits per heavy atom. The minimum Gasteiger partial charge on any atom is -0.379 e. The van der Waals surface area contributed by atoms with Gasteiger partial charge in [0.15, 0.2) is 17.4 Å². The number of ketones is 1. The number of ether oxygens (including phenoxy) is 1. The monoisotopic (exact) mass is 497 g/mol. The van der Waals surface area contributed by atoms with Crippen LogP contribution in [0, 0.1) is 5.41 Å². The molecule has 3 heterocycles. The van der Waals surface area contributed by atoms with Crippen molar-refractivity contribution in [2.24, 2.45) is 5.41 Å². The molecule has 1 aliphatic rings. The van der Waals surface area contributed by atoms with Crippen LogP contribution in [0.3, 0.4) is 0 Å². The maximum atomic E-state index is 13.4. The number of hydrogen-bond acceptors (Lipinski definition) is 6. The number of morpholine rings is 1. The molecule has 0 spiro atoms. The van der Waals surface area contributed by atoms with Gasteiger partial charge in [-0.15, -0.1) is 5.10 Å². The molecule has 2 aromatic heterocycles. The molecule has 0 saturated carbocycles. The Morgan fingerprint density at radius 1 is 1.14 bits per heavy atom. The minimum absolute atomic E-state index is 0.0335. The first-order valence-corrected chi connectivity index (χ1v) is 12.3. The number of pyridine rings is 1. The van der Waals surface area contributed by atoms with Gasteiger partial charge in [-0.1, -0.05) is 50.6 Å². The second-order valence-electron chi connectivity index (χ2n) is 10.1. The van der Waals surface area contributed by atoms with Crippen LogP contribution >= 0.6 is 11.6 Å². The van der Waals surface area contributed by atoms with Crippen LogP contribution in [-0.2, 0) is 22.5 Å². The average molecular weight is 498 g/mol. The van der Waals surface area contributed by atoms with Crippen LogP contribution < -0.4 is 5.69 Å². The van der Waals surface area contributed by atoms with Gasteiger partial charge in [-0.25, -0.2) is 9.78 Å². The fourth-order valence-electron chi connectivity index (χ4n) is 4.15. The van der Waals surface area contributed by atoms with Gasteiger partial charge in [0.1, 0.15) is 0 Å². The normalized spacial score (nSPS) is 14.9. The number of rotatable bonds is 8. The highest BCUT2D eigenvalue weighted by Crippen LogP contribution is 2.23. The molecule has 0 amide bonds. The fraction of sp³-hybridized carbons (Fsp3) is 0.462. The van der Waals surface area contributed by atoms with Gasteiger partial charge >= 0.3 is 5.69 Å². The van der Waals surface area contributed by atoms with E-state index in [1.54, 1.807) is 30.5 Å². The van der Waals surface area contributed by atoms with E-state index in [0.29, 0.717) is 28.6 Å². The first-order chi connectivity index (χ1) is 16.7. The summed E-state index contributed by atoms with van der Waals surface area (Å²) in [5.41, 5.74) is 1.17. The minimum atomic E-state index is -0.407. The average Bonchev–Trinajstić information content (AvgIpc) is 3.13. The van der Waals surface area contributed by atoms with Crippen LogP contribution in [0.2, 0.25) is 5.02 Å². The molecule has 3 aromatic rings. The molecular weight excluding hydrogens is 466 g/mol. The van der Waals surface area contributed by atoms with Gasteiger partial charge in [-0.05, 0) is 35.6 Å². The zero-order valence-electron chi connectivity index (χ0n) is 20.5. The number of hydrogen-bond donors (Lipinski definition) is 0. The molecule has 8 nitrogen and oxygen atoms in total. The summed E-state index contributed by atoms with van der Waals surface area (Å²) in [5.74, 6) is 0.766. The third-order valence-corrected chi connectivity index (χ3v) is 6.09. The van der Waals surface area contributed by atoms with E-state index in [0.717, 1.165) is 44.8 Å². The Labute approximate surface area is 210 Å². The van der Waals surface area contributed by atoms with Crippen molar-refractivity contribution >= 4 is 17.4 Å². The highest BCUT2D eigenvalue weighted by atomic mass is 35.5. The summed E-state index contributed by atoms with van der Waals surface area (Å²) >= 11 is 6.20. The first-order valence-electron chi connectivity index (χ1n) is 11.9. The standard InChI is InChI=1S/C26H32ClN5O3/c1-26(2,3)16-22(33)18-31-24(20-5-4-6-21(27)15-20)29-32(25(31)34)23-8-7-19(17-28-23)9-10-30-11-13-35-14-12-30/h4-8,15,17H,9-14,16,18H2,1-3H3. The summed E-state index contributed by atoms with van der Waals surface area (Å²) in [6.07, 6.45) is 3.01. The summed E-state index contributed by atoms with van der Waals surface area (Å²) in [6.45, 7) is 10.3. The Hall–Kier alpha value is -2.81. The number of Topliss-reactive ketones (excluding diaryl/α,β-unsaturated/α-hetero) is 1. The van der Waals surface area contributed by atoms with Gasteiger partial charge in [0.05, 0.1) is 19.8 Å². The molecule has 0 N–H and O–H groups in total. The van der Waals surface area contributed by atoms with E-state index in [-0.39, 0.29) is 17.7 Å². The Balaban J connectivity index is 1.61. The summed E-state index contributed by atoms with van der Waals surface area (Å²) in [5, 5.41) is 5.09. The van der Waals surface area contributed by atoms with Crippen LogP contribution in [0.1, 0.15) is 32.8 Å². The second-order valence-corrected chi connectivity index (χ2v) is 10.6. The van der Waals surface area contributed by atoms with Crippen molar-refractivity contribution in [2.75, 3.05) is 32.8 Å². The summed E-state index contributed by atoms with van der Waals surface area (Å²) < 4.78 is 8.07. The number of nitrogens with zero attached hydrogens (tertiary/aromatic N) is 5. The Morgan fingerprint density at radius 3 is 2.57 bits per heavy atom. The van der Waals surface area contributed by atoms with Crippen molar-refractivity contribution in [1.29, 1.82) is 0 Å². The van der Waals surface area contributed by atoms with Crippen LogP contribution in [0.4, 0.5) is 0 Å². The molecule has 0 aliphatic carbocycles. The van der Waals surface area contributed by atoms with E-state index < -0.39 is 5.69 Å². The molecule has 1 fully saturated rings. The van der Waals surface area contributed by atoms with Crippen LogP contribution in [0.5, 0.6) is 0 Å². The Kier molecular flexibility index (Phi) is 7.84. The third-order valence-electron chi connectivity index (χ3n) is 5.85. The van der Waals surface area contributed by atoms with Crippen molar-refractivity contribution in [2.45, 2.75) is 40.2 Å². The summed E-state index contributed by atoms with van der Waals surface area (Å²) in [7, 11) is 0. The van der Waals surface area contributed by atoms with Crippen LogP contribution in [-0.4, -0.2) is 62.9 Å². The lowest BCUT2D eigenvalue weighted by Gasteiger charge is -2.26. The molecule has 1 aliphatic heterocycles. The van der Waals surface area contributed by atoms with E-state index in [1.807, 2.05) is 32.9 Å². The lowest BCUT2D eigenvalue weighted by molar-refractivity contribution is -0.121. The molecular formula is C26H32ClN5O3. The lowest BCUT2D eigenvalue weighted by atomic mass is 9.90. The van der Waals surface area contributed by atoms with Gasteiger partial charge in [-0.2, -0.15) is 4.68 Å². The molecule has 1 saturated heterocycles. The number of carbonyl (C=O) groups is 1. The zero-order valence-corrected chi connectivity index (χ0v) is 21.3. The molecule has 9 heteroatoms. The first kappa shape index (κ1) is 25.3. The predicted octanol–water partition coefficient (Wildman–Crippen LogP) is 3.63. The van der Waals surface area contributed by atoms with Crippen molar-refractivity contribution in [1.82, 2.24) is 24.2 Å². The highest BCUT2D eigenvalue weighted by Gasteiger charge is 2.22. The molecule has 0 unspecified atom stereocenters. The van der Waals surface area contributed by atoms with Crippen LogP contribution in [0.25, 0.3) is 17.2 Å². The van der Waals surface area contributed by atoms with E-state index in [2.05, 4.69) is 15.0 Å². The molecule has 1 aromatic carbocycles. The van der Waals surface area contributed by atoms with Gasteiger partial charge in [-0.3, -0.25) is 14.3 Å². The molecule has 186 valence electrons. The number of benzene rings is 1. The smallest absolute Gasteiger partial charge is 0.352 e. The number of carbonyl (C=O) groups excluding carboxylic acids is 1. The van der Waals surface area contributed by atoms with Gasteiger partial charge in [0, 0.05) is 42.8 Å². The van der Waals surface area contributed by atoms with Gasteiger partial charge in [0.25, 0.3) is 0 Å². The maximum Gasteiger partial charge on any atom is 0.352 e. The van der Waals surface area contributed by atoms with Crippen molar-refractivity contribution < 1.29 is 9.53 Å². The second kappa shape index (κ2) is 10.8. The highest BCUT2D eigenvalue weighted by molar-refractivity contribution is 6.30. The molecule has 0 atom stereocenters. The number of halogens is 1. The summed E-state index contributed by atoms with van der Waals surface area (Å²) in [6, 6.07) is 10.9. The summed E-state index contributed by atoms with van der Waals surface area (Å²) in [4.78, 5) is 33.0. The largest absolute Gasteiger partial charge is 0.379 e. The lowest BCUT2D eigenvalue weighted by Crippen LogP contribution is -2.37. The van der Waals surface area contributed by atoms with Crippen LogP contribution in [0.15, 0.2) is 47.4 Å². The predicted molar refractivity (Wildman–Crippen MR) is 136 cm³/mol. The van der Waals surface area contributed by atoms with Gasteiger partial charge < -0.3 is 4.74 Å². The fourth-order valence-corrected chi connectivity index (χ4v) is 4.35. The van der Waals surface area contributed by atoms with E-state index in [9.17, 15) is 9.59 Å². The van der Waals surface area contributed by atoms with Crippen molar-refractivity contribution in [3.05, 3.63) is 63.7 Å². The third kappa shape index (κ3) is 6.66. The molecule has 0 radical (unpaired) electrons. The number of aromatic nitrogens is 4. The zero-order chi connectivity index (χ0) is 25.0. The maximum absolute atomic E-state index is 13.4. The molecule has 4 rings (SSSR count). The Bertz CT molecular complexity index is 1220. The van der Waals surface area contributed by atoms with Gasteiger partial charge in [0.2, 0.25) is 0 Å². The quantitative estimate of drug-likeness (QED) is 0.472. The van der Waals surface area contributed by atoms with Crippen molar-refractivity contribution in [3.8, 4) is 17.2 Å². The van der Waals surface area contributed by atoms with Crippen molar-refractivity contribution in [3.63, 3.8) is 0 Å². The SMILES string of the molecule is CC(C)(C)CC(=O)Cn1c(-c2cccc(Cl)c2)nn(-c2ccc(CCN3CCOCC3)cn2)c1=O. The van der Waals surface area contributed by atoms with E-state index >= 15 is 0 Å². The van der Waals surface area contributed by atoms with E-state index in [1.165, 1.54) is 9.25 Å². The molecule has 0 bridgehead atoms. The topological polar surface area (TPSA) is 82.2 Å². The molecule has 35 heavy (non-hydrogen) atoms. The van der Waals surface area contributed by atoms with E-state index in [4.69, 9.17) is 16.3 Å².